The zero-order valence-corrected chi connectivity index (χ0v) is 15.1. The Kier molecular flexibility index (Phi) is 6.03. The van der Waals surface area contributed by atoms with Crippen molar-refractivity contribution < 1.29 is 19.1 Å². The number of carbonyl (C=O) groups excluding carboxylic acids is 2. The van der Waals surface area contributed by atoms with Crippen LogP contribution in [0.4, 0.5) is 4.79 Å². The number of amides is 1. The first-order valence-electron chi connectivity index (χ1n) is 7.86. The summed E-state index contributed by atoms with van der Waals surface area (Å²) >= 11 is 1.43. The molecular weight excluding hydrogens is 334 g/mol. The fourth-order valence-corrected chi connectivity index (χ4v) is 3.37. The molecule has 134 valence electrons. The second-order valence-corrected chi connectivity index (χ2v) is 7.67. The minimum absolute atomic E-state index is 0.0932. The van der Waals surface area contributed by atoms with E-state index in [4.69, 9.17) is 9.47 Å². The van der Waals surface area contributed by atoms with Crippen molar-refractivity contribution >= 4 is 23.8 Å². The number of hydrogen-bond acceptors (Lipinski definition) is 8. The molecule has 0 aromatic carbocycles. The lowest BCUT2D eigenvalue weighted by atomic mass is 10.0. The number of nitrogens with one attached hydrogen (secondary N) is 1. The van der Waals surface area contributed by atoms with E-state index in [9.17, 15) is 9.59 Å². The maximum atomic E-state index is 12.4. The summed E-state index contributed by atoms with van der Waals surface area (Å²) in [6.45, 7) is 7.80. The van der Waals surface area contributed by atoms with Crippen LogP contribution in [0.5, 0.6) is 0 Å². The van der Waals surface area contributed by atoms with Crippen LogP contribution in [0.3, 0.4) is 0 Å². The molecule has 1 amide bonds. The van der Waals surface area contributed by atoms with Gasteiger partial charge >= 0.3 is 12.1 Å². The number of ether oxygens (including phenoxy) is 2. The number of esters is 1. The van der Waals surface area contributed by atoms with E-state index in [-0.39, 0.29) is 11.9 Å². The molecule has 1 saturated heterocycles. The monoisotopic (exact) mass is 357 g/mol. The van der Waals surface area contributed by atoms with Gasteiger partial charge in [-0.3, -0.25) is 4.90 Å². The summed E-state index contributed by atoms with van der Waals surface area (Å²) < 4.78 is 10.5. The zero-order chi connectivity index (χ0) is 17.7. The molecule has 1 aliphatic rings. The molecule has 0 bridgehead atoms. The third kappa shape index (κ3) is 5.08. The Labute approximate surface area is 144 Å². The fourth-order valence-electron chi connectivity index (χ4n) is 2.39. The average Bonchev–Trinajstić information content (AvgIpc) is 2.98. The predicted octanol–water partition coefficient (Wildman–Crippen LogP) is 1.62. The third-order valence-electron chi connectivity index (χ3n) is 3.34. The normalized spacial score (nSPS) is 21.4. The van der Waals surface area contributed by atoms with Crippen LogP contribution in [-0.4, -0.2) is 67.6 Å². The fraction of sp³-hybridized carbons (Fsp3) is 0.786. The van der Waals surface area contributed by atoms with Crippen molar-refractivity contribution in [2.24, 2.45) is 0 Å². The van der Waals surface area contributed by atoms with E-state index in [0.29, 0.717) is 24.5 Å². The van der Waals surface area contributed by atoms with Crippen LogP contribution in [0.1, 0.15) is 40.5 Å². The highest BCUT2D eigenvalue weighted by Gasteiger charge is 2.39. The number of rotatable bonds is 4. The predicted molar refractivity (Wildman–Crippen MR) is 86.4 cm³/mol. The first-order chi connectivity index (χ1) is 11.3. The van der Waals surface area contributed by atoms with Gasteiger partial charge in [0.25, 0.3) is 0 Å². The zero-order valence-electron chi connectivity index (χ0n) is 14.3. The molecule has 1 aromatic heterocycles. The van der Waals surface area contributed by atoms with E-state index < -0.39 is 23.7 Å². The molecule has 1 fully saturated rings. The molecule has 24 heavy (non-hydrogen) atoms. The van der Waals surface area contributed by atoms with Gasteiger partial charge in [0.05, 0.1) is 6.61 Å². The second-order valence-electron chi connectivity index (χ2n) is 6.40. The first-order valence-corrected chi connectivity index (χ1v) is 8.74. The van der Waals surface area contributed by atoms with E-state index in [1.165, 1.54) is 16.7 Å². The molecule has 10 heteroatoms. The van der Waals surface area contributed by atoms with Crippen LogP contribution in [0, 0.1) is 0 Å². The van der Waals surface area contributed by atoms with Gasteiger partial charge in [0, 0.05) is 11.8 Å². The van der Waals surface area contributed by atoms with Crippen molar-refractivity contribution in [1.29, 1.82) is 0 Å². The lowest BCUT2D eigenvalue weighted by Crippen LogP contribution is -2.52. The van der Waals surface area contributed by atoms with Gasteiger partial charge in [0.2, 0.25) is 5.16 Å². The molecule has 0 aliphatic carbocycles. The molecule has 0 radical (unpaired) electrons. The molecule has 2 atom stereocenters. The standard InChI is InChI=1S/C14H23N5O4S/c1-5-22-11(20)10-8-9(24-12-15-17-18-16-12)6-7-19(10)13(21)23-14(2,3)4/h9-10H,5-8H2,1-4H3,(H,15,16,17,18)/t9-,10-/m1/s1. The highest BCUT2D eigenvalue weighted by molar-refractivity contribution is 7.99. The number of thioether (sulfide) groups is 1. The minimum Gasteiger partial charge on any atom is -0.464 e. The Hall–Kier alpha value is -1.84. The Bertz CT molecular complexity index is 560. The number of carbonyl (C=O) groups is 2. The first kappa shape index (κ1) is 18.5. The van der Waals surface area contributed by atoms with E-state index in [2.05, 4.69) is 20.6 Å². The number of aromatic amines is 1. The Morgan fingerprint density at radius 2 is 2.17 bits per heavy atom. The van der Waals surface area contributed by atoms with Crippen LogP contribution in [-0.2, 0) is 14.3 Å². The lowest BCUT2D eigenvalue weighted by molar-refractivity contribution is -0.150. The summed E-state index contributed by atoms with van der Waals surface area (Å²) in [5, 5.41) is 14.4. The van der Waals surface area contributed by atoms with E-state index >= 15 is 0 Å². The number of H-pyrrole nitrogens is 1. The molecule has 0 spiro atoms. The summed E-state index contributed by atoms with van der Waals surface area (Å²) in [6, 6.07) is -0.669. The molecule has 0 saturated carbocycles. The summed E-state index contributed by atoms with van der Waals surface area (Å²) in [5.74, 6) is -0.415. The van der Waals surface area contributed by atoms with E-state index in [1.54, 1.807) is 27.7 Å². The van der Waals surface area contributed by atoms with Gasteiger partial charge in [-0.2, -0.15) is 5.21 Å². The van der Waals surface area contributed by atoms with Gasteiger partial charge in [-0.25, -0.2) is 9.59 Å². The Morgan fingerprint density at radius 3 is 2.75 bits per heavy atom. The maximum absolute atomic E-state index is 12.4. The number of likely N-dealkylation sites (tertiary alicyclic amines) is 1. The molecule has 1 N–H and O–H groups in total. The summed E-state index contributed by atoms with van der Waals surface area (Å²) in [5.41, 5.74) is -0.619. The number of aromatic nitrogens is 4. The molecule has 1 aromatic rings. The lowest BCUT2D eigenvalue weighted by Gasteiger charge is -2.37. The number of hydrogen-bond donors (Lipinski definition) is 1. The average molecular weight is 357 g/mol. The van der Waals surface area contributed by atoms with Crippen LogP contribution in [0.2, 0.25) is 0 Å². The van der Waals surface area contributed by atoms with Crippen molar-refractivity contribution in [3.63, 3.8) is 0 Å². The number of tetrazole rings is 1. The van der Waals surface area contributed by atoms with Crippen molar-refractivity contribution in [3.8, 4) is 0 Å². The van der Waals surface area contributed by atoms with Crippen LogP contribution in [0.15, 0.2) is 5.16 Å². The van der Waals surface area contributed by atoms with Gasteiger partial charge in [-0.15, -0.1) is 10.2 Å². The molecule has 2 rings (SSSR count). The van der Waals surface area contributed by atoms with Crippen molar-refractivity contribution in [1.82, 2.24) is 25.5 Å². The second kappa shape index (κ2) is 7.82. The number of nitrogens with zero attached hydrogens (tertiary/aromatic N) is 4. The highest BCUT2D eigenvalue weighted by atomic mass is 32.2. The van der Waals surface area contributed by atoms with Crippen molar-refractivity contribution in [2.75, 3.05) is 13.2 Å². The van der Waals surface area contributed by atoms with E-state index in [1.807, 2.05) is 0 Å². The van der Waals surface area contributed by atoms with Crippen LogP contribution < -0.4 is 0 Å². The molecular formula is C14H23N5O4S. The maximum Gasteiger partial charge on any atom is 0.411 e. The van der Waals surface area contributed by atoms with E-state index in [0.717, 1.165) is 0 Å². The largest absolute Gasteiger partial charge is 0.464 e. The Balaban J connectivity index is 2.07. The van der Waals surface area contributed by atoms with Gasteiger partial charge in [-0.1, -0.05) is 11.8 Å². The quantitative estimate of drug-likeness (QED) is 0.810. The molecule has 9 nitrogen and oxygen atoms in total. The SMILES string of the molecule is CCOC(=O)[C@H]1C[C@H](Sc2nn[nH]n2)CCN1C(=O)OC(C)(C)C. The summed E-state index contributed by atoms with van der Waals surface area (Å²) in [6.07, 6.45) is 0.662. The molecule has 1 aliphatic heterocycles. The highest BCUT2D eigenvalue weighted by Crippen LogP contribution is 2.32. The van der Waals surface area contributed by atoms with Crippen molar-refractivity contribution in [2.45, 2.75) is 62.6 Å². The van der Waals surface area contributed by atoms with Crippen LogP contribution >= 0.6 is 11.8 Å². The third-order valence-corrected chi connectivity index (χ3v) is 4.48. The summed E-state index contributed by atoms with van der Waals surface area (Å²) in [4.78, 5) is 26.2. The topological polar surface area (TPSA) is 110 Å². The molecule has 2 heterocycles. The smallest absolute Gasteiger partial charge is 0.411 e. The minimum atomic E-state index is -0.669. The molecule has 0 unspecified atom stereocenters. The van der Waals surface area contributed by atoms with Gasteiger partial charge in [0.15, 0.2) is 0 Å². The van der Waals surface area contributed by atoms with Gasteiger partial charge < -0.3 is 9.47 Å². The van der Waals surface area contributed by atoms with Gasteiger partial charge in [0.1, 0.15) is 11.6 Å². The van der Waals surface area contributed by atoms with Crippen LogP contribution in [0.25, 0.3) is 0 Å². The Morgan fingerprint density at radius 1 is 1.42 bits per heavy atom. The summed E-state index contributed by atoms with van der Waals surface area (Å²) in [7, 11) is 0. The number of piperidine rings is 1. The van der Waals surface area contributed by atoms with Gasteiger partial charge in [-0.05, 0) is 45.7 Å². The van der Waals surface area contributed by atoms with Crippen molar-refractivity contribution in [3.05, 3.63) is 0 Å².